The molecule has 0 aliphatic rings. The normalized spacial score (nSPS) is 12.2. The van der Waals surface area contributed by atoms with Crippen LogP contribution in [-0.4, -0.2) is 14.0 Å². The lowest BCUT2D eigenvalue weighted by atomic mass is 9.98. The standard InChI is InChI=1S/C50H31N3/c1-30-36-17-7-8-18-37(36)50(51-48(30)35-24-23-32-15-5-6-16-33(32)27-35)53-43-22-12-9-19-38(43)46-45(53)29-41-40-28-34(31-13-3-2-4-14-31)25-26-44(40)52-42-21-11-10-20-39(42)47(46)49(41)52/h2-29H,1H3. The van der Waals surface area contributed by atoms with Gasteiger partial charge in [0.1, 0.15) is 5.82 Å². The quantitative estimate of drug-likeness (QED) is 0.183. The Morgan fingerprint density at radius 2 is 1.04 bits per heavy atom. The monoisotopic (exact) mass is 673 g/mol. The van der Waals surface area contributed by atoms with Crippen molar-refractivity contribution in [3.8, 4) is 28.2 Å². The van der Waals surface area contributed by atoms with E-state index in [0.717, 1.165) is 28.0 Å². The summed E-state index contributed by atoms with van der Waals surface area (Å²) in [6.07, 6.45) is 0. The summed E-state index contributed by atoms with van der Waals surface area (Å²) in [4.78, 5) is 5.67. The predicted octanol–water partition coefficient (Wildman–Crippen LogP) is 13.3. The Kier molecular flexibility index (Phi) is 5.70. The minimum absolute atomic E-state index is 0.951. The Morgan fingerprint density at radius 3 is 1.87 bits per heavy atom. The van der Waals surface area contributed by atoms with Gasteiger partial charge in [0.2, 0.25) is 0 Å². The van der Waals surface area contributed by atoms with Crippen LogP contribution in [-0.2, 0) is 0 Å². The SMILES string of the molecule is Cc1c(-c2ccc3ccccc3c2)nc(-n2c3ccccc3c3c4c5ccccc5n5c6ccc(-c7ccccc7)cc6c(cc32)c45)c2ccccc12. The molecule has 0 saturated heterocycles. The zero-order valence-corrected chi connectivity index (χ0v) is 29.0. The maximum Gasteiger partial charge on any atom is 0.146 e. The first kappa shape index (κ1) is 28.7. The van der Waals surface area contributed by atoms with E-state index in [0.29, 0.717) is 0 Å². The van der Waals surface area contributed by atoms with Crippen LogP contribution in [0, 0.1) is 6.92 Å². The van der Waals surface area contributed by atoms with Gasteiger partial charge < -0.3 is 4.40 Å². The van der Waals surface area contributed by atoms with Gasteiger partial charge in [-0.25, -0.2) is 4.98 Å². The van der Waals surface area contributed by atoms with Crippen LogP contribution in [0.2, 0.25) is 0 Å². The van der Waals surface area contributed by atoms with Gasteiger partial charge in [-0.05, 0) is 76.2 Å². The summed E-state index contributed by atoms with van der Waals surface area (Å²) >= 11 is 0. The summed E-state index contributed by atoms with van der Waals surface area (Å²) < 4.78 is 4.94. The van der Waals surface area contributed by atoms with Crippen molar-refractivity contribution in [3.63, 3.8) is 0 Å². The van der Waals surface area contributed by atoms with E-state index in [2.05, 4.69) is 186 Å². The van der Waals surface area contributed by atoms with Gasteiger partial charge in [0.25, 0.3) is 0 Å². The molecule has 0 N–H and O–H groups in total. The molecule has 0 amide bonds. The first-order chi connectivity index (χ1) is 26.2. The molecular formula is C50H31N3. The van der Waals surface area contributed by atoms with E-state index in [1.807, 2.05) is 0 Å². The van der Waals surface area contributed by atoms with E-state index in [4.69, 9.17) is 4.98 Å². The van der Waals surface area contributed by atoms with Gasteiger partial charge in [-0.3, -0.25) is 4.57 Å². The number of hydrogen-bond donors (Lipinski definition) is 0. The fourth-order valence-electron chi connectivity index (χ4n) is 9.22. The smallest absolute Gasteiger partial charge is 0.146 e. The number of aryl methyl sites for hydroxylation is 1. The first-order valence-electron chi connectivity index (χ1n) is 18.3. The van der Waals surface area contributed by atoms with E-state index in [1.165, 1.54) is 87.2 Å². The molecule has 53 heavy (non-hydrogen) atoms. The summed E-state index contributed by atoms with van der Waals surface area (Å²) in [7, 11) is 0. The second-order valence-electron chi connectivity index (χ2n) is 14.4. The highest BCUT2D eigenvalue weighted by Crippen LogP contribution is 2.48. The third kappa shape index (κ3) is 3.86. The Balaban J connectivity index is 1.26. The molecule has 12 aromatic rings. The van der Waals surface area contributed by atoms with Gasteiger partial charge in [-0.15, -0.1) is 0 Å². The van der Waals surface area contributed by atoms with Gasteiger partial charge >= 0.3 is 0 Å². The maximum atomic E-state index is 5.67. The van der Waals surface area contributed by atoms with Crippen LogP contribution < -0.4 is 0 Å². The van der Waals surface area contributed by atoms with Crippen LogP contribution in [0.4, 0.5) is 0 Å². The van der Waals surface area contributed by atoms with Crippen molar-refractivity contribution in [1.82, 2.24) is 14.0 Å². The van der Waals surface area contributed by atoms with E-state index in [-0.39, 0.29) is 0 Å². The van der Waals surface area contributed by atoms with Crippen LogP contribution in [0.1, 0.15) is 5.56 Å². The van der Waals surface area contributed by atoms with Crippen LogP contribution in [0.15, 0.2) is 170 Å². The van der Waals surface area contributed by atoms with E-state index < -0.39 is 0 Å². The third-order valence-electron chi connectivity index (χ3n) is 11.6. The van der Waals surface area contributed by atoms with Crippen LogP contribution in [0.5, 0.6) is 0 Å². The highest BCUT2D eigenvalue weighted by molar-refractivity contribution is 6.36. The van der Waals surface area contributed by atoms with Crippen molar-refractivity contribution in [2.24, 2.45) is 0 Å². The molecule has 4 aromatic heterocycles. The first-order valence-corrected chi connectivity index (χ1v) is 18.3. The van der Waals surface area contributed by atoms with Gasteiger partial charge in [-0.2, -0.15) is 0 Å². The van der Waals surface area contributed by atoms with Crippen molar-refractivity contribution >= 4 is 81.4 Å². The van der Waals surface area contributed by atoms with Crippen molar-refractivity contribution < 1.29 is 0 Å². The number of fused-ring (bicyclic) bond motifs is 12. The van der Waals surface area contributed by atoms with E-state index in [1.54, 1.807) is 0 Å². The van der Waals surface area contributed by atoms with E-state index >= 15 is 0 Å². The van der Waals surface area contributed by atoms with Crippen molar-refractivity contribution in [3.05, 3.63) is 175 Å². The number of benzene rings is 8. The molecule has 0 saturated carbocycles. The molecule has 0 radical (unpaired) electrons. The molecule has 0 fully saturated rings. The zero-order valence-electron chi connectivity index (χ0n) is 29.0. The third-order valence-corrected chi connectivity index (χ3v) is 11.6. The second kappa shape index (κ2) is 10.5. The lowest BCUT2D eigenvalue weighted by Gasteiger charge is -2.16. The van der Waals surface area contributed by atoms with Gasteiger partial charge in [0.15, 0.2) is 0 Å². The molecule has 8 aromatic carbocycles. The Morgan fingerprint density at radius 1 is 0.396 bits per heavy atom. The lowest BCUT2D eigenvalue weighted by Crippen LogP contribution is -2.02. The number of pyridine rings is 1. The Bertz CT molecular complexity index is 3460. The highest BCUT2D eigenvalue weighted by Gasteiger charge is 2.26. The summed E-state index contributed by atoms with van der Waals surface area (Å²) in [5.41, 5.74) is 11.8. The average Bonchev–Trinajstić information content (AvgIpc) is 3.85. The summed E-state index contributed by atoms with van der Waals surface area (Å²) in [5, 5.41) is 12.4. The number of rotatable bonds is 3. The van der Waals surface area contributed by atoms with Gasteiger partial charge in [0.05, 0.1) is 33.3 Å². The maximum absolute atomic E-state index is 5.67. The fraction of sp³-hybridized carbons (Fsp3) is 0.0200. The number of aromatic nitrogens is 3. The van der Waals surface area contributed by atoms with Gasteiger partial charge in [0, 0.05) is 43.3 Å². The summed E-state index contributed by atoms with van der Waals surface area (Å²) in [5.74, 6) is 0.951. The zero-order chi connectivity index (χ0) is 34.8. The molecule has 0 spiro atoms. The minimum Gasteiger partial charge on any atom is -0.308 e. The van der Waals surface area contributed by atoms with E-state index in [9.17, 15) is 0 Å². The lowest BCUT2D eigenvalue weighted by molar-refractivity contribution is 1.10. The second-order valence-corrected chi connectivity index (χ2v) is 14.4. The molecule has 246 valence electrons. The molecule has 4 heterocycles. The molecule has 12 rings (SSSR count). The molecular weight excluding hydrogens is 643 g/mol. The molecule has 0 aliphatic carbocycles. The molecule has 0 aliphatic heterocycles. The summed E-state index contributed by atoms with van der Waals surface area (Å²) in [6.45, 7) is 2.22. The molecule has 3 heteroatoms. The van der Waals surface area contributed by atoms with Gasteiger partial charge in [-0.1, -0.05) is 133 Å². The topological polar surface area (TPSA) is 22.2 Å². The van der Waals surface area contributed by atoms with Crippen molar-refractivity contribution in [1.29, 1.82) is 0 Å². The Labute approximate surface area is 304 Å². The van der Waals surface area contributed by atoms with Crippen LogP contribution in [0.3, 0.4) is 0 Å². The predicted molar refractivity (Wildman–Crippen MR) is 224 cm³/mol. The molecule has 0 unspecified atom stereocenters. The molecule has 3 nitrogen and oxygen atoms in total. The van der Waals surface area contributed by atoms with Crippen molar-refractivity contribution in [2.75, 3.05) is 0 Å². The van der Waals surface area contributed by atoms with Crippen LogP contribution >= 0.6 is 0 Å². The molecule has 0 bridgehead atoms. The fourth-order valence-corrected chi connectivity index (χ4v) is 9.22. The van der Waals surface area contributed by atoms with Crippen molar-refractivity contribution in [2.45, 2.75) is 6.92 Å². The largest absolute Gasteiger partial charge is 0.308 e. The van der Waals surface area contributed by atoms with Crippen LogP contribution in [0.25, 0.3) is 110 Å². The Hall–Kier alpha value is -6.97. The highest BCUT2D eigenvalue weighted by atomic mass is 15.1. The number of nitrogens with zero attached hydrogens (tertiary/aromatic N) is 3. The summed E-state index contributed by atoms with van der Waals surface area (Å²) in [6, 6.07) is 62.0. The molecule has 0 atom stereocenters. The minimum atomic E-state index is 0.951. The number of para-hydroxylation sites is 2. The number of hydrogen-bond acceptors (Lipinski definition) is 1. The average molecular weight is 674 g/mol.